The molecule has 1 aliphatic carbocycles. The van der Waals surface area contributed by atoms with Crippen LogP contribution in [0.15, 0.2) is 17.0 Å². The number of nitrogens with zero attached hydrogens (tertiary/aromatic N) is 1. The van der Waals surface area contributed by atoms with E-state index in [0.29, 0.717) is 12.5 Å². The Kier molecular flexibility index (Phi) is 5.24. The summed E-state index contributed by atoms with van der Waals surface area (Å²) in [7, 11) is -3.95. The van der Waals surface area contributed by atoms with Gasteiger partial charge >= 0.3 is 0 Å². The molecule has 0 spiro atoms. The minimum atomic E-state index is -3.95. The van der Waals surface area contributed by atoms with Gasteiger partial charge in [-0.25, -0.2) is 12.8 Å². The summed E-state index contributed by atoms with van der Waals surface area (Å²) in [6.07, 6.45) is 3.13. The van der Waals surface area contributed by atoms with Crippen LogP contribution >= 0.6 is 11.6 Å². The zero-order chi connectivity index (χ0) is 15.6. The van der Waals surface area contributed by atoms with Crippen molar-refractivity contribution in [3.8, 4) is 0 Å². The molecule has 1 aromatic carbocycles. The average molecular weight is 336 g/mol. The molecule has 4 nitrogen and oxygen atoms in total. The summed E-state index contributed by atoms with van der Waals surface area (Å²) in [6, 6.07) is 2.34. The molecule has 0 saturated heterocycles. The van der Waals surface area contributed by atoms with Crippen LogP contribution < -0.4 is 0 Å². The number of benzene rings is 1. The fourth-order valence-corrected chi connectivity index (χ4v) is 4.38. The van der Waals surface area contributed by atoms with Crippen molar-refractivity contribution in [1.82, 2.24) is 4.31 Å². The first-order valence-electron chi connectivity index (χ1n) is 6.99. The van der Waals surface area contributed by atoms with Gasteiger partial charge in [0.05, 0.1) is 6.61 Å². The summed E-state index contributed by atoms with van der Waals surface area (Å²) in [5.41, 5.74) is -0.110. The molecule has 0 aromatic heterocycles. The Morgan fingerprint density at radius 1 is 1.43 bits per heavy atom. The molecule has 118 valence electrons. The fraction of sp³-hybridized carbons (Fsp3) is 0.571. The summed E-state index contributed by atoms with van der Waals surface area (Å²) < 4.78 is 40.8. The maximum atomic E-state index is 14.3. The highest BCUT2D eigenvalue weighted by molar-refractivity contribution is 7.89. The maximum absolute atomic E-state index is 14.3. The van der Waals surface area contributed by atoms with Gasteiger partial charge in [-0.05, 0) is 30.9 Å². The van der Waals surface area contributed by atoms with E-state index in [0.717, 1.165) is 25.3 Å². The first kappa shape index (κ1) is 16.7. The lowest BCUT2D eigenvalue weighted by Crippen LogP contribution is -2.37. The Bertz CT molecular complexity index is 617. The zero-order valence-electron chi connectivity index (χ0n) is 11.8. The third-order valence-electron chi connectivity index (χ3n) is 3.91. The topological polar surface area (TPSA) is 57.6 Å². The molecule has 1 saturated carbocycles. The molecule has 0 radical (unpaired) electrons. The first-order valence-corrected chi connectivity index (χ1v) is 8.80. The minimum Gasteiger partial charge on any atom is -0.392 e. The van der Waals surface area contributed by atoms with Crippen LogP contribution in [0.3, 0.4) is 0 Å². The molecule has 2 rings (SSSR count). The van der Waals surface area contributed by atoms with E-state index in [-0.39, 0.29) is 17.1 Å². The van der Waals surface area contributed by atoms with E-state index in [1.54, 1.807) is 6.92 Å². The Labute approximate surface area is 129 Å². The molecule has 0 aliphatic heterocycles. The van der Waals surface area contributed by atoms with Crippen LogP contribution in [-0.2, 0) is 16.6 Å². The lowest BCUT2D eigenvalue weighted by Gasteiger charge is -2.31. The lowest BCUT2D eigenvalue weighted by molar-refractivity contribution is 0.249. The predicted molar refractivity (Wildman–Crippen MR) is 79.1 cm³/mol. The smallest absolute Gasteiger partial charge is 0.246 e. The minimum absolute atomic E-state index is 0.0960. The van der Waals surface area contributed by atoms with Crippen LogP contribution in [0.2, 0.25) is 5.02 Å². The van der Waals surface area contributed by atoms with E-state index in [4.69, 9.17) is 16.7 Å². The summed E-state index contributed by atoms with van der Waals surface area (Å²) in [6.45, 7) is 1.81. The van der Waals surface area contributed by atoms with Crippen molar-refractivity contribution in [3.05, 3.63) is 28.5 Å². The molecular formula is C14H19ClFNO3S. The van der Waals surface area contributed by atoms with Crippen LogP contribution in [0, 0.1) is 11.7 Å². The lowest BCUT2D eigenvalue weighted by atomic mass is 9.85. The number of hydrogen-bond donors (Lipinski definition) is 1. The number of sulfonamides is 1. The van der Waals surface area contributed by atoms with Gasteiger partial charge in [0.2, 0.25) is 10.0 Å². The van der Waals surface area contributed by atoms with Gasteiger partial charge < -0.3 is 5.11 Å². The van der Waals surface area contributed by atoms with Gasteiger partial charge in [0, 0.05) is 23.7 Å². The normalized spacial score (nSPS) is 16.2. The van der Waals surface area contributed by atoms with Gasteiger partial charge in [-0.3, -0.25) is 0 Å². The van der Waals surface area contributed by atoms with E-state index in [1.165, 1.54) is 10.4 Å². The van der Waals surface area contributed by atoms with Crippen LogP contribution in [0.5, 0.6) is 0 Å². The molecule has 0 atom stereocenters. The van der Waals surface area contributed by atoms with Gasteiger partial charge in [0.1, 0.15) is 10.7 Å². The largest absolute Gasteiger partial charge is 0.392 e. The van der Waals surface area contributed by atoms with E-state index in [1.807, 2.05) is 0 Å². The highest BCUT2D eigenvalue weighted by Gasteiger charge is 2.31. The number of hydrogen-bond acceptors (Lipinski definition) is 3. The number of rotatable bonds is 6. The van der Waals surface area contributed by atoms with E-state index >= 15 is 0 Å². The molecule has 0 heterocycles. The van der Waals surface area contributed by atoms with Crippen LogP contribution in [-0.4, -0.2) is 30.9 Å². The number of halogens is 2. The van der Waals surface area contributed by atoms with Crippen LogP contribution in [0.4, 0.5) is 4.39 Å². The van der Waals surface area contributed by atoms with E-state index in [2.05, 4.69) is 0 Å². The summed E-state index contributed by atoms with van der Waals surface area (Å²) in [4.78, 5) is -0.458. The highest BCUT2D eigenvalue weighted by atomic mass is 35.5. The molecule has 0 amide bonds. The number of aliphatic hydroxyl groups excluding tert-OH is 1. The Balaban J connectivity index is 2.39. The molecule has 21 heavy (non-hydrogen) atoms. The molecule has 7 heteroatoms. The van der Waals surface area contributed by atoms with Gasteiger partial charge in [-0.2, -0.15) is 4.31 Å². The van der Waals surface area contributed by atoms with Crippen molar-refractivity contribution in [2.24, 2.45) is 5.92 Å². The third-order valence-corrected chi connectivity index (χ3v) is 6.07. The van der Waals surface area contributed by atoms with Crippen molar-refractivity contribution in [2.75, 3.05) is 13.1 Å². The molecule has 1 aromatic rings. The van der Waals surface area contributed by atoms with Crippen molar-refractivity contribution < 1.29 is 17.9 Å². The summed E-state index contributed by atoms with van der Waals surface area (Å²) in [5, 5.41) is 9.21. The van der Waals surface area contributed by atoms with E-state index < -0.39 is 27.3 Å². The maximum Gasteiger partial charge on any atom is 0.246 e. The van der Waals surface area contributed by atoms with Gasteiger partial charge in [0.15, 0.2) is 0 Å². The Hall–Kier alpha value is -0.690. The molecule has 0 unspecified atom stereocenters. The van der Waals surface area contributed by atoms with Crippen molar-refractivity contribution in [1.29, 1.82) is 0 Å². The van der Waals surface area contributed by atoms with Gasteiger partial charge in [-0.15, -0.1) is 0 Å². The second-order valence-electron chi connectivity index (χ2n) is 5.29. The first-order chi connectivity index (χ1) is 9.90. The Morgan fingerprint density at radius 3 is 2.57 bits per heavy atom. The van der Waals surface area contributed by atoms with Crippen molar-refractivity contribution >= 4 is 21.6 Å². The zero-order valence-corrected chi connectivity index (χ0v) is 13.4. The third kappa shape index (κ3) is 3.39. The molecular weight excluding hydrogens is 317 g/mol. The monoisotopic (exact) mass is 335 g/mol. The highest BCUT2D eigenvalue weighted by Crippen LogP contribution is 2.31. The molecule has 1 fully saturated rings. The summed E-state index contributed by atoms with van der Waals surface area (Å²) in [5.74, 6) is -0.576. The second-order valence-corrected chi connectivity index (χ2v) is 7.63. The number of aliphatic hydroxyl groups is 1. The van der Waals surface area contributed by atoms with E-state index in [9.17, 15) is 12.8 Å². The van der Waals surface area contributed by atoms with Gasteiger partial charge in [-0.1, -0.05) is 24.9 Å². The average Bonchev–Trinajstić information content (AvgIpc) is 2.39. The molecule has 0 bridgehead atoms. The van der Waals surface area contributed by atoms with Crippen molar-refractivity contribution in [3.63, 3.8) is 0 Å². The predicted octanol–water partition coefficient (Wildman–Crippen LogP) is 2.78. The quantitative estimate of drug-likeness (QED) is 0.869. The molecule has 1 N–H and O–H groups in total. The fourth-order valence-electron chi connectivity index (χ4n) is 2.42. The Morgan fingerprint density at radius 2 is 2.10 bits per heavy atom. The standard InChI is InChI=1S/C14H19ClFNO3S/c1-2-17(8-10-4-3-5-10)21(19,20)13-7-12(15)6-11(9-18)14(13)16/h6-7,10,18H,2-5,8-9H2,1H3. The van der Waals surface area contributed by atoms with Crippen molar-refractivity contribution in [2.45, 2.75) is 37.7 Å². The summed E-state index contributed by atoms with van der Waals surface area (Å²) >= 11 is 5.84. The SMILES string of the molecule is CCN(CC1CCC1)S(=O)(=O)c1cc(Cl)cc(CO)c1F. The second kappa shape index (κ2) is 6.60. The molecule has 1 aliphatic rings. The van der Waals surface area contributed by atoms with Crippen LogP contribution in [0.25, 0.3) is 0 Å². The van der Waals surface area contributed by atoms with Crippen LogP contribution in [0.1, 0.15) is 31.7 Å². The van der Waals surface area contributed by atoms with Gasteiger partial charge in [0.25, 0.3) is 0 Å².